The number of hydrogen-bond donors (Lipinski definition) is 3. The first-order valence-corrected chi connectivity index (χ1v) is 11.7. The van der Waals surface area contributed by atoms with Crippen molar-refractivity contribution < 1.29 is 32.5 Å². The van der Waals surface area contributed by atoms with Crippen molar-refractivity contribution in [3.05, 3.63) is 71.4 Å². The summed E-state index contributed by atoms with van der Waals surface area (Å²) in [6, 6.07) is 8.13. The van der Waals surface area contributed by atoms with Crippen LogP contribution in [0.15, 0.2) is 59.1 Å². The maximum Gasteiger partial charge on any atom is 0.278 e. The van der Waals surface area contributed by atoms with Gasteiger partial charge in [0.1, 0.15) is 11.7 Å². The highest BCUT2D eigenvalue weighted by atomic mass is 32.2. The number of halogens is 2. The molecule has 3 atom stereocenters. The highest BCUT2D eigenvalue weighted by molar-refractivity contribution is 7.89. The van der Waals surface area contributed by atoms with Crippen LogP contribution < -0.4 is 15.4 Å². The van der Waals surface area contributed by atoms with E-state index in [0.717, 1.165) is 23.1 Å². The largest absolute Gasteiger partial charge is 0.593 e. The number of hydrogen-bond acceptors (Lipinski definition) is 7. The van der Waals surface area contributed by atoms with Gasteiger partial charge in [0.15, 0.2) is 16.5 Å². The Morgan fingerprint density at radius 2 is 1.89 bits per heavy atom. The summed E-state index contributed by atoms with van der Waals surface area (Å²) in [6.07, 6.45) is 1.16. The Bertz CT molecular complexity index is 1250. The zero-order valence-corrected chi connectivity index (χ0v) is 19.2. The van der Waals surface area contributed by atoms with E-state index in [4.69, 9.17) is 0 Å². The molecule has 4 rings (SSSR count). The van der Waals surface area contributed by atoms with Crippen LogP contribution in [0.5, 0.6) is 0 Å². The Kier molecular flexibility index (Phi) is 6.96. The Morgan fingerprint density at radius 1 is 1.11 bits per heavy atom. The zero-order chi connectivity index (χ0) is 25.3. The number of carbonyl (C=O) groups is 4. The van der Waals surface area contributed by atoms with Crippen LogP contribution in [0.25, 0.3) is 0 Å². The fraction of sp³-hybridized carbons (Fsp3) is 0.217. The van der Waals surface area contributed by atoms with Gasteiger partial charge in [0.05, 0.1) is 17.4 Å². The van der Waals surface area contributed by atoms with Gasteiger partial charge in [-0.1, -0.05) is 12.1 Å². The van der Waals surface area contributed by atoms with Crippen molar-refractivity contribution >= 4 is 40.7 Å². The van der Waals surface area contributed by atoms with Crippen LogP contribution in [0.4, 0.5) is 14.5 Å². The summed E-state index contributed by atoms with van der Waals surface area (Å²) in [4.78, 5) is 49.6. The van der Waals surface area contributed by atoms with Gasteiger partial charge in [-0.15, -0.1) is 4.72 Å². The molecule has 1 fully saturated rings. The van der Waals surface area contributed by atoms with Crippen LogP contribution in [0.2, 0.25) is 0 Å². The van der Waals surface area contributed by atoms with Gasteiger partial charge in [-0.3, -0.25) is 29.4 Å². The zero-order valence-electron chi connectivity index (χ0n) is 18.3. The molecular weight excluding hydrogens is 482 g/mol. The number of anilines is 1. The minimum absolute atomic E-state index is 0.0229. The third-order valence-electron chi connectivity index (χ3n) is 5.53. The molecule has 3 N–H and O–H groups in total. The first-order chi connectivity index (χ1) is 16.6. The summed E-state index contributed by atoms with van der Waals surface area (Å²) >= 11 is -1.82. The summed E-state index contributed by atoms with van der Waals surface area (Å²) in [5, 5.41) is 4.99. The predicted octanol–water partition coefficient (Wildman–Crippen LogP) is 1.81. The lowest BCUT2D eigenvalue weighted by molar-refractivity contribution is -0.149. The van der Waals surface area contributed by atoms with Crippen LogP contribution in [0, 0.1) is 11.6 Å². The monoisotopic (exact) mass is 502 g/mol. The number of imide groups is 2. The standard InChI is InChI=1S/C23H20F2N4O5S/c1-12(28-35(34)15-5-6-16(24)17(25)10-15)13-3-2-4-14(9-13)26-18-11-21(31)29(23(18)33)19-7-8-20(30)27-22(19)32/h2-6,9-12,19,26,28H,7-8H2,1H3,(H,27,30,32). The smallest absolute Gasteiger partial charge is 0.278 e. The minimum atomic E-state index is -1.82. The van der Waals surface area contributed by atoms with E-state index in [9.17, 15) is 32.5 Å². The van der Waals surface area contributed by atoms with Gasteiger partial charge in [-0.25, -0.2) is 8.78 Å². The Labute approximate surface area is 201 Å². The maximum absolute atomic E-state index is 13.4. The summed E-state index contributed by atoms with van der Waals surface area (Å²) in [6.45, 7) is 1.71. The molecule has 35 heavy (non-hydrogen) atoms. The SMILES string of the molecule is CC(N[S+]([O-])c1ccc(F)c(F)c1)c1cccc(NC2=CC(=O)N(C3CCC(=O)NC3=O)C2=O)c1. The third kappa shape index (κ3) is 5.24. The average molecular weight is 502 g/mol. The number of benzene rings is 2. The normalized spacial score (nSPS) is 19.9. The fourth-order valence-electron chi connectivity index (χ4n) is 3.73. The van der Waals surface area contributed by atoms with Crippen molar-refractivity contribution in [1.82, 2.24) is 14.9 Å². The molecule has 0 aliphatic carbocycles. The van der Waals surface area contributed by atoms with E-state index in [2.05, 4.69) is 15.4 Å². The molecule has 0 radical (unpaired) electrons. The number of rotatable bonds is 7. The summed E-state index contributed by atoms with van der Waals surface area (Å²) in [5.41, 5.74) is 1.07. The Morgan fingerprint density at radius 3 is 2.60 bits per heavy atom. The number of amides is 4. The van der Waals surface area contributed by atoms with E-state index < -0.39 is 58.7 Å². The molecule has 2 aliphatic rings. The van der Waals surface area contributed by atoms with Gasteiger partial charge in [-0.05, 0) is 43.2 Å². The quantitative estimate of drug-likeness (QED) is 0.389. The predicted molar refractivity (Wildman–Crippen MR) is 120 cm³/mol. The second-order valence-corrected chi connectivity index (χ2v) is 9.22. The Hall–Kier alpha value is -3.61. The summed E-state index contributed by atoms with van der Waals surface area (Å²) in [7, 11) is 0. The molecule has 0 bridgehead atoms. The van der Waals surface area contributed by atoms with Crippen molar-refractivity contribution in [3.63, 3.8) is 0 Å². The van der Waals surface area contributed by atoms with Gasteiger partial charge in [0.2, 0.25) is 11.8 Å². The highest BCUT2D eigenvalue weighted by Gasteiger charge is 2.42. The second-order valence-electron chi connectivity index (χ2n) is 7.97. The lowest BCUT2D eigenvalue weighted by atomic mass is 10.0. The molecule has 4 amide bonds. The highest BCUT2D eigenvalue weighted by Crippen LogP contribution is 2.25. The van der Waals surface area contributed by atoms with Crippen LogP contribution >= 0.6 is 0 Å². The topological polar surface area (TPSA) is 131 Å². The molecule has 2 aromatic rings. The second kappa shape index (κ2) is 9.94. The van der Waals surface area contributed by atoms with Crippen molar-refractivity contribution in [1.29, 1.82) is 0 Å². The van der Waals surface area contributed by atoms with Crippen LogP contribution in [-0.2, 0) is 30.5 Å². The average Bonchev–Trinajstić information content (AvgIpc) is 3.08. The van der Waals surface area contributed by atoms with Crippen LogP contribution in [-0.4, -0.2) is 39.1 Å². The molecule has 12 heteroatoms. The van der Waals surface area contributed by atoms with E-state index in [0.29, 0.717) is 11.3 Å². The third-order valence-corrected chi connectivity index (χ3v) is 6.78. The molecule has 182 valence electrons. The van der Waals surface area contributed by atoms with Crippen LogP contribution in [0.3, 0.4) is 0 Å². The number of piperidine rings is 1. The molecule has 2 aliphatic heterocycles. The van der Waals surface area contributed by atoms with Crippen molar-refractivity contribution in [2.45, 2.75) is 36.7 Å². The number of nitrogens with one attached hydrogen (secondary N) is 3. The molecule has 0 aromatic heterocycles. The van der Waals surface area contributed by atoms with E-state index in [1.807, 2.05) is 0 Å². The van der Waals surface area contributed by atoms with E-state index >= 15 is 0 Å². The molecule has 3 unspecified atom stereocenters. The van der Waals surface area contributed by atoms with E-state index in [-0.39, 0.29) is 23.4 Å². The molecule has 2 aromatic carbocycles. The first kappa shape index (κ1) is 24.5. The van der Waals surface area contributed by atoms with Crippen molar-refractivity contribution in [2.75, 3.05) is 5.32 Å². The van der Waals surface area contributed by atoms with E-state index in [1.165, 1.54) is 6.07 Å². The Balaban J connectivity index is 1.43. The molecule has 1 saturated heterocycles. The molecule has 0 saturated carbocycles. The summed E-state index contributed by atoms with van der Waals surface area (Å²) in [5.74, 6) is -4.66. The lowest BCUT2D eigenvalue weighted by Crippen LogP contribution is -2.54. The van der Waals surface area contributed by atoms with Gasteiger partial charge >= 0.3 is 0 Å². The van der Waals surface area contributed by atoms with Crippen LogP contribution in [0.1, 0.15) is 31.4 Å². The first-order valence-electron chi connectivity index (χ1n) is 10.6. The van der Waals surface area contributed by atoms with Gasteiger partial charge in [0.25, 0.3) is 11.8 Å². The number of nitrogens with zero attached hydrogens (tertiary/aromatic N) is 1. The molecule has 9 nitrogen and oxygen atoms in total. The molecule has 0 spiro atoms. The maximum atomic E-state index is 13.4. The molecule has 2 heterocycles. The van der Waals surface area contributed by atoms with Gasteiger partial charge in [0, 0.05) is 24.3 Å². The van der Waals surface area contributed by atoms with Crippen molar-refractivity contribution in [2.24, 2.45) is 0 Å². The van der Waals surface area contributed by atoms with Crippen molar-refractivity contribution in [3.8, 4) is 0 Å². The molecular formula is C23H20F2N4O5S. The van der Waals surface area contributed by atoms with E-state index in [1.54, 1.807) is 31.2 Å². The fourth-order valence-corrected chi connectivity index (χ4v) is 4.72. The lowest BCUT2D eigenvalue weighted by Gasteiger charge is -2.28. The summed E-state index contributed by atoms with van der Waals surface area (Å²) < 4.78 is 41.9. The minimum Gasteiger partial charge on any atom is -0.593 e. The van der Waals surface area contributed by atoms with Gasteiger partial charge < -0.3 is 9.87 Å². The number of carbonyl (C=O) groups excluding carboxylic acids is 4. The van der Waals surface area contributed by atoms with Gasteiger partial charge in [-0.2, -0.15) is 0 Å².